The molecule has 21 heavy (non-hydrogen) atoms. The van der Waals surface area contributed by atoms with Gasteiger partial charge < -0.3 is 9.84 Å². The zero-order chi connectivity index (χ0) is 15.8. The van der Waals surface area contributed by atoms with Crippen LogP contribution in [-0.2, 0) is 19.6 Å². The Morgan fingerprint density at radius 2 is 2.14 bits per heavy atom. The zero-order valence-electron chi connectivity index (χ0n) is 10.9. The molecule has 1 saturated heterocycles. The summed E-state index contributed by atoms with van der Waals surface area (Å²) in [5.74, 6) is -3.27. The minimum Gasteiger partial charge on any atom is -0.478 e. The van der Waals surface area contributed by atoms with Gasteiger partial charge in [0, 0.05) is 6.42 Å². The third kappa shape index (κ3) is 3.03. The van der Waals surface area contributed by atoms with Gasteiger partial charge in [0.2, 0.25) is 10.0 Å². The largest absolute Gasteiger partial charge is 0.478 e. The number of carbonyl (C=O) groups excluding carboxylic acids is 1. The molecule has 1 aliphatic rings. The Bertz CT molecular complexity index is 715. The predicted octanol–water partition coefficient (Wildman–Crippen LogP) is 0.426. The second-order valence-electron chi connectivity index (χ2n) is 4.54. The number of aryl methyl sites for hydroxylation is 1. The molecular formula is C12H12FNO6S. The Morgan fingerprint density at radius 3 is 2.67 bits per heavy atom. The number of aromatic carboxylic acids is 1. The average molecular weight is 317 g/mol. The van der Waals surface area contributed by atoms with Crippen molar-refractivity contribution in [3.05, 3.63) is 29.1 Å². The van der Waals surface area contributed by atoms with E-state index < -0.39 is 44.3 Å². The minimum atomic E-state index is -4.15. The fourth-order valence-electron chi connectivity index (χ4n) is 1.91. The summed E-state index contributed by atoms with van der Waals surface area (Å²) in [5, 5.41) is 8.88. The molecule has 2 N–H and O–H groups in total. The standard InChI is InChI=1S/C12H12FNO6S/c1-6-4-7(5-8(10(6)13)11(15)16)21(18,19)14-9-2-3-20-12(9)17/h4-5,9,14H,2-3H2,1H3,(H,15,16). The molecule has 0 amide bonds. The van der Waals surface area contributed by atoms with Gasteiger partial charge in [-0.2, -0.15) is 4.72 Å². The van der Waals surface area contributed by atoms with Crippen molar-refractivity contribution in [1.82, 2.24) is 4.72 Å². The number of hydrogen-bond acceptors (Lipinski definition) is 5. The molecule has 0 saturated carbocycles. The van der Waals surface area contributed by atoms with Crippen LogP contribution in [0.4, 0.5) is 4.39 Å². The number of carboxylic acid groups (broad SMARTS) is 1. The molecule has 1 unspecified atom stereocenters. The maximum absolute atomic E-state index is 13.6. The fraction of sp³-hybridized carbons (Fsp3) is 0.333. The first-order chi connectivity index (χ1) is 9.72. The first-order valence-corrected chi connectivity index (χ1v) is 7.43. The second-order valence-corrected chi connectivity index (χ2v) is 6.25. The molecule has 114 valence electrons. The topological polar surface area (TPSA) is 110 Å². The molecule has 0 bridgehead atoms. The number of benzene rings is 1. The number of hydrogen-bond donors (Lipinski definition) is 2. The van der Waals surface area contributed by atoms with Crippen molar-refractivity contribution in [3.63, 3.8) is 0 Å². The van der Waals surface area contributed by atoms with Crippen LogP contribution in [0.1, 0.15) is 22.3 Å². The van der Waals surface area contributed by atoms with E-state index in [4.69, 9.17) is 5.11 Å². The van der Waals surface area contributed by atoms with E-state index in [9.17, 15) is 22.4 Å². The van der Waals surface area contributed by atoms with Gasteiger partial charge in [0.1, 0.15) is 11.9 Å². The van der Waals surface area contributed by atoms with Gasteiger partial charge in [-0.1, -0.05) is 0 Å². The van der Waals surface area contributed by atoms with E-state index in [-0.39, 0.29) is 18.6 Å². The van der Waals surface area contributed by atoms with Crippen LogP contribution in [0.3, 0.4) is 0 Å². The highest BCUT2D eigenvalue weighted by Gasteiger charge is 2.32. The van der Waals surface area contributed by atoms with Crippen molar-refractivity contribution >= 4 is 22.0 Å². The zero-order valence-corrected chi connectivity index (χ0v) is 11.7. The Hall–Kier alpha value is -2.00. The van der Waals surface area contributed by atoms with Crippen LogP contribution < -0.4 is 4.72 Å². The lowest BCUT2D eigenvalue weighted by Gasteiger charge is -2.11. The normalized spacial score (nSPS) is 18.6. The molecule has 1 heterocycles. The lowest BCUT2D eigenvalue weighted by molar-refractivity contribution is -0.139. The molecule has 1 aliphatic heterocycles. The molecular weight excluding hydrogens is 305 g/mol. The third-order valence-electron chi connectivity index (χ3n) is 3.00. The molecule has 9 heteroatoms. The summed E-state index contributed by atoms with van der Waals surface area (Å²) in [5.41, 5.74) is -0.867. The van der Waals surface area contributed by atoms with E-state index in [1.807, 2.05) is 0 Å². The van der Waals surface area contributed by atoms with Gasteiger partial charge in [0.25, 0.3) is 0 Å². The van der Waals surface area contributed by atoms with Crippen LogP contribution in [0.25, 0.3) is 0 Å². The van der Waals surface area contributed by atoms with Crippen molar-refractivity contribution in [1.29, 1.82) is 0 Å². The Morgan fingerprint density at radius 1 is 1.48 bits per heavy atom. The summed E-state index contributed by atoms with van der Waals surface area (Å²) in [7, 11) is -4.15. The smallest absolute Gasteiger partial charge is 0.338 e. The Labute approximate surface area is 119 Å². The van der Waals surface area contributed by atoms with Crippen LogP contribution in [0.15, 0.2) is 17.0 Å². The lowest BCUT2D eigenvalue weighted by Crippen LogP contribution is -2.38. The Kier molecular flexibility index (Phi) is 3.97. The summed E-state index contributed by atoms with van der Waals surface area (Å²) < 4.78 is 44.6. The number of halogens is 1. The minimum absolute atomic E-state index is 0.106. The lowest BCUT2D eigenvalue weighted by atomic mass is 10.1. The maximum atomic E-state index is 13.6. The highest BCUT2D eigenvalue weighted by molar-refractivity contribution is 7.89. The first-order valence-electron chi connectivity index (χ1n) is 5.95. The molecule has 0 spiro atoms. The Balaban J connectivity index is 2.40. The number of rotatable bonds is 4. The van der Waals surface area contributed by atoms with Gasteiger partial charge in [-0.05, 0) is 24.6 Å². The van der Waals surface area contributed by atoms with Crippen molar-refractivity contribution < 1.29 is 32.2 Å². The van der Waals surface area contributed by atoms with Crippen LogP contribution >= 0.6 is 0 Å². The monoisotopic (exact) mass is 317 g/mol. The van der Waals surface area contributed by atoms with Crippen LogP contribution in [0.2, 0.25) is 0 Å². The number of ether oxygens (including phenoxy) is 1. The third-order valence-corrected chi connectivity index (χ3v) is 4.45. The van der Waals surface area contributed by atoms with Gasteiger partial charge >= 0.3 is 11.9 Å². The summed E-state index contributed by atoms with van der Waals surface area (Å²) in [6, 6.07) is 0.700. The molecule has 1 atom stereocenters. The highest BCUT2D eigenvalue weighted by Crippen LogP contribution is 2.20. The van der Waals surface area contributed by atoms with E-state index in [1.54, 1.807) is 0 Å². The molecule has 0 aromatic heterocycles. The van der Waals surface area contributed by atoms with E-state index in [0.717, 1.165) is 6.07 Å². The second kappa shape index (κ2) is 5.41. The predicted molar refractivity (Wildman–Crippen MR) is 67.8 cm³/mol. The first kappa shape index (κ1) is 15.4. The summed E-state index contributed by atoms with van der Waals surface area (Å²) >= 11 is 0. The number of nitrogens with one attached hydrogen (secondary N) is 1. The summed E-state index contributed by atoms with van der Waals surface area (Å²) in [4.78, 5) is 21.8. The van der Waals surface area contributed by atoms with Crippen molar-refractivity contribution in [2.45, 2.75) is 24.3 Å². The van der Waals surface area contributed by atoms with Crippen molar-refractivity contribution in [2.24, 2.45) is 0 Å². The average Bonchev–Trinajstić information content (AvgIpc) is 2.77. The van der Waals surface area contributed by atoms with Gasteiger partial charge in [-0.15, -0.1) is 0 Å². The van der Waals surface area contributed by atoms with E-state index >= 15 is 0 Å². The molecule has 0 aliphatic carbocycles. The van der Waals surface area contributed by atoms with Crippen LogP contribution in [0.5, 0.6) is 0 Å². The molecule has 0 radical (unpaired) electrons. The number of carbonyl (C=O) groups is 2. The van der Waals surface area contributed by atoms with Crippen LogP contribution in [-0.4, -0.2) is 38.1 Å². The fourth-order valence-corrected chi connectivity index (χ4v) is 3.24. The maximum Gasteiger partial charge on any atom is 0.338 e. The van der Waals surface area contributed by atoms with Crippen molar-refractivity contribution in [2.75, 3.05) is 6.61 Å². The highest BCUT2D eigenvalue weighted by atomic mass is 32.2. The molecule has 7 nitrogen and oxygen atoms in total. The summed E-state index contributed by atoms with van der Waals surface area (Å²) in [6.45, 7) is 1.36. The van der Waals surface area contributed by atoms with Crippen molar-refractivity contribution in [3.8, 4) is 0 Å². The van der Waals surface area contributed by atoms with Gasteiger partial charge in [-0.3, -0.25) is 4.79 Å². The SMILES string of the molecule is Cc1cc(S(=O)(=O)NC2CCOC2=O)cc(C(=O)O)c1F. The van der Waals surface area contributed by atoms with Gasteiger partial charge in [0.15, 0.2) is 0 Å². The number of carboxylic acids is 1. The quantitative estimate of drug-likeness (QED) is 0.779. The number of esters is 1. The number of cyclic esters (lactones) is 1. The molecule has 2 rings (SSSR count). The van der Waals surface area contributed by atoms with E-state index in [2.05, 4.69) is 9.46 Å². The molecule has 1 aromatic rings. The van der Waals surface area contributed by atoms with E-state index in [1.165, 1.54) is 6.92 Å². The number of sulfonamides is 1. The molecule has 1 aromatic carbocycles. The summed E-state index contributed by atoms with van der Waals surface area (Å²) in [6.07, 6.45) is 0.185. The molecule has 1 fully saturated rings. The van der Waals surface area contributed by atoms with Gasteiger partial charge in [-0.25, -0.2) is 17.6 Å². The van der Waals surface area contributed by atoms with E-state index in [0.29, 0.717) is 6.07 Å². The van der Waals surface area contributed by atoms with Crippen LogP contribution in [0, 0.1) is 12.7 Å². The van der Waals surface area contributed by atoms with Gasteiger partial charge in [0.05, 0.1) is 17.1 Å².